The third kappa shape index (κ3) is 4.85. The maximum Gasteiger partial charge on any atom is 0.306 e. The van der Waals surface area contributed by atoms with Crippen molar-refractivity contribution in [3.63, 3.8) is 0 Å². The average Bonchev–Trinajstić information content (AvgIpc) is 1.97. The Morgan fingerprint density at radius 3 is 2.07 bits per heavy atom. The molecule has 0 saturated carbocycles. The van der Waals surface area contributed by atoms with E-state index in [1.807, 2.05) is 0 Å². The molecule has 15 heavy (non-hydrogen) atoms. The molecule has 0 aliphatic carbocycles. The van der Waals surface area contributed by atoms with Crippen LogP contribution in [0.2, 0.25) is 0 Å². The number of aliphatic carboxylic acids is 1. The molecule has 0 fully saturated rings. The monoisotopic (exact) mass is 222 g/mol. The second kappa shape index (κ2) is 4.67. The van der Waals surface area contributed by atoms with Gasteiger partial charge in [-0.3, -0.25) is 9.59 Å². The van der Waals surface area contributed by atoms with Crippen LogP contribution in [0.5, 0.6) is 0 Å². The zero-order chi connectivity index (χ0) is 12.3. The highest BCUT2D eigenvalue weighted by molar-refractivity contribution is 5.91. The number of hydrogen-bond donors (Lipinski definition) is 2. The van der Waals surface area contributed by atoms with Crippen LogP contribution in [-0.4, -0.2) is 66.4 Å². The van der Waals surface area contributed by atoms with Crippen LogP contribution in [0.1, 0.15) is 6.42 Å². The Kier molecular flexibility index (Phi) is 4.36. The molecule has 0 aliphatic heterocycles. The standard InChI is InChI=1S/C9H16FNO4/c1-11(2,3)6-9(15,4-8(13)14)7(12)5-10/h15H,4-6H2,1-3H3/p+1. The molecule has 0 saturated heterocycles. The normalized spacial score (nSPS) is 15.8. The molecular formula is C9H17FNO4+. The van der Waals surface area contributed by atoms with Gasteiger partial charge < -0.3 is 14.7 Å². The van der Waals surface area contributed by atoms with E-state index in [0.29, 0.717) is 0 Å². The van der Waals surface area contributed by atoms with Crippen LogP contribution in [0.15, 0.2) is 0 Å². The molecule has 0 amide bonds. The van der Waals surface area contributed by atoms with Gasteiger partial charge in [0.2, 0.25) is 5.78 Å². The molecule has 0 bridgehead atoms. The summed E-state index contributed by atoms with van der Waals surface area (Å²) in [6.07, 6.45) is -0.773. The summed E-state index contributed by atoms with van der Waals surface area (Å²) in [4.78, 5) is 21.6. The fourth-order valence-electron chi connectivity index (χ4n) is 1.40. The van der Waals surface area contributed by atoms with Gasteiger partial charge in [-0.25, -0.2) is 4.39 Å². The summed E-state index contributed by atoms with van der Waals surface area (Å²) in [5, 5.41) is 18.3. The van der Waals surface area contributed by atoms with Gasteiger partial charge in [0.05, 0.1) is 27.6 Å². The Morgan fingerprint density at radius 1 is 1.33 bits per heavy atom. The number of ketones is 1. The largest absolute Gasteiger partial charge is 0.481 e. The van der Waals surface area contributed by atoms with E-state index in [9.17, 15) is 19.1 Å². The molecule has 0 aromatic rings. The van der Waals surface area contributed by atoms with E-state index >= 15 is 0 Å². The predicted octanol–water partition coefficient (Wildman–Crippen LogP) is -0.563. The highest BCUT2D eigenvalue weighted by atomic mass is 19.1. The lowest BCUT2D eigenvalue weighted by Crippen LogP contribution is -2.55. The Bertz CT molecular complexity index is 261. The second-order valence-corrected chi connectivity index (χ2v) is 4.61. The van der Waals surface area contributed by atoms with Crippen LogP contribution in [0.25, 0.3) is 0 Å². The van der Waals surface area contributed by atoms with Crippen molar-refractivity contribution in [2.24, 2.45) is 0 Å². The van der Waals surface area contributed by atoms with Gasteiger partial charge in [0.25, 0.3) is 0 Å². The number of hydrogen-bond acceptors (Lipinski definition) is 3. The summed E-state index contributed by atoms with van der Waals surface area (Å²) in [5.41, 5.74) is -2.13. The summed E-state index contributed by atoms with van der Waals surface area (Å²) in [6, 6.07) is 0. The van der Waals surface area contributed by atoms with E-state index in [0.717, 1.165) is 0 Å². The van der Waals surface area contributed by atoms with Gasteiger partial charge in [0.15, 0.2) is 12.3 Å². The average molecular weight is 222 g/mol. The summed E-state index contributed by atoms with van der Waals surface area (Å²) in [7, 11) is 5.04. The lowest BCUT2D eigenvalue weighted by molar-refractivity contribution is -0.875. The molecular weight excluding hydrogens is 205 g/mol. The van der Waals surface area contributed by atoms with Crippen molar-refractivity contribution in [2.75, 3.05) is 34.4 Å². The zero-order valence-corrected chi connectivity index (χ0v) is 9.16. The van der Waals surface area contributed by atoms with Gasteiger partial charge in [-0.05, 0) is 0 Å². The van der Waals surface area contributed by atoms with E-state index in [4.69, 9.17) is 5.11 Å². The quantitative estimate of drug-likeness (QED) is 0.591. The van der Waals surface area contributed by atoms with Gasteiger partial charge in [-0.15, -0.1) is 0 Å². The molecule has 0 aromatic carbocycles. The van der Waals surface area contributed by atoms with Crippen LogP contribution >= 0.6 is 0 Å². The predicted molar refractivity (Wildman–Crippen MR) is 51.1 cm³/mol. The number of carboxylic acid groups (broad SMARTS) is 1. The number of Topliss-reactive ketones (excluding diaryl/α,β-unsaturated/α-hetero) is 1. The number of alkyl halides is 1. The van der Waals surface area contributed by atoms with Crippen LogP contribution in [0, 0.1) is 0 Å². The number of rotatable bonds is 6. The number of carboxylic acids is 1. The van der Waals surface area contributed by atoms with Crippen molar-refractivity contribution in [1.82, 2.24) is 0 Å². The second-order valence-electron chi connectivity index (χ2n) is 4.61. The molecule has 6 heteroatoms. The molecule has 0 heterocycles. The minimum atomic E-state index is -2.13. The van der Waals surface area contributed by atoms with E-state index in [1.54, 1.807) is 21.1 Å². The van der Waals surface area contributed by atoms with E-state index in [2.05, 4.69) is 0 Å². The van der Waals surface area contributed by atoms with Gasteiger partial charge in [-0.2, -0.15) is 0 Å². The van der Waals surface area contributed by atoms with E-state index in [-0.39, 0.29) is 11.0 Å². The van der Waals surface area contributed by atoms with Crippen molar-refractivity contribution in [3.05, 3.63) is 0 Å². The Balaban J connectivity index is 4.86. The molecule has 88 valence electrons. The molecule has 0 rings (SSSR count). The number of likely N-dealkylation sites (N-methyl/N-ethyl adjacent to an activating group) is 1. The smallest absolute Gasteiger partial charge is 0.306 e. The van der Waals surface area contributed by atoms with Crippen molar-refractivity contribution in [1.29, 1.82) is 0 Å². The van der Waals surface area contributed by atoms with Gasteiger partial charge >= 0.3 is 5.97 Å². The molecule has 0 radical (unpaired) electrons. The minimum Gasteiger partial charge on any atom is -0.481 e. The molecule has 5 nitrogen and oxygen atoms in total. The topological polar surface area (TPSA) is 74.6 Å². The Hall–Kier alpha value is -1.01. The lowest BCUT2D eigenvalue weighted by Gasteiger charge is -2.33. The third-order valence-corrected chi connectivity index (χ3v) is 1.82. The first-order chi connectivity index (χ1) is 6.60. The van der Waals surface area contributed by atoms with Crippen LogP contribution in [0.3, 0.4) is 0 Å². The molecule has 2 N–H and O–H groups in total. The highest BCUT2D eigenvalue weighted by Gasteiger charge is 2.42. The molecule has 0 spiro atoms. The van der Waals surface area contributed by atoms with Crippen molar-refractivity contribution < 1.29 is 28.7 Å². The van der Waals surface area contributed by atoms with Crippen LogP contribution < -0.4 is 0 Å². The first-order valence-corrected chi connectivity index (χ1v) is 4.44. The van der Waals surface area contributed by atoms with Gasteiger partial charge in [0, 0.05) is 0 Å². The van der Waals surface area contributed by atoms with Crippen LogP contribution in [0.4, 0.5) is 4.39 Å². The number of carbonyl (C=O) groups excluding carboxylic acids is 1. The SMILES string of the molecule is C[N+](C)(C)CC(O)(CC(=O)O)C(=O)CF. The minimum absolute atomic E-state index is 0.137. The first kappa shape index (κ1) is 14.0. The van der Waals surface area contributed by atoms with Crippen LogP contribution in [-0.2, 0) is 9.59 Å². The Labute approximate surface area is 87.7 Å². The highest BCUT2D eigenvalue weighted by Crippen LogP contribution is 2.16. The van der Waals surface area contributed by atoms with Gasteiger partial charge in [0.1, 0.15) is 6.54 Å². The summed E-state index contributed by atoms with van der Waals surface area (Å²) in [5.74, 6) is -2.41. The van der Waals surface area contributed by atoms with E-state index < -0.39 is 30.4 Å². The molecule has 0 aromatic heterocycles. The van der Waals surface area contributed by atoms with Crippen molar-refractivity contribution in [2.45, 2.75) is 12.0 Å². The maximum absolute atomic E-state index is 12.2. The number of quaternary nitrogens is 1. The fourth-order valence-corrected chi connectivity index (χ4v) is 1.40. The zero-order valence-electron chi connectivity index (χ0n) is 9.16. The summed E-state index contributed by atoms with van der Waals surface area (Å²) < 4.78 is 12.4. The number of aliphatic hydroxyl groups is 1. The fraction of sp³-hybridized carbons (Fsp3) is 0.778. The molecule has 1 atom stereocenters. The Morgan fingerprint density at radius 2 is 1.80 bits per heavy atom. The third-order valence-electron chi connectivity index (χ3n) is 1.82. The maximum atomic E-state index is 12.2. The molecule has 1 unspecified atom stereocenters. The number of halogens is 1. The summed E-state index contributed by atoms with van der Waals surface area (Å²) >= 11 is 0. The van der Waals surface area contributed by atoms with E-state index in [1.165, 1.54) is 0 Å². The first-order valence-electron chi connectivity index (χ1n) is 4.44. The van der Waals surface area contributed by atoms with Crippen molar-refractivity contribution in [3.8, 4) is 0 Å². The number of nitrogens with zero attached hydrogens (tertiary/aromatic N) is 1. The number of carbonyl (C=O) groups is 2. The van der Waals surface area contributed by atoms with Gasteiger partial charge in [-0.1, -0.05) is 0 Å². The lowest BCUT2D eigenvalue weighted by atomic mass is 9.93. The molecule has 0 aliphatic rings. The summed E-state index contributed by atoms with van der Waals surface area (Å²) in [6.45, 7) is -1.49. The van der Waals surface area contributed by atoms with Crippen molar-refractivity contribution >= 4 is 11.8 Å².